The number of amides is 2. The van der Waals surface area contributed by atoms with Gasteiger partial charge in [-0.05, 0) is 50.6 Å². The monoisotopic (exact) mass is 387 g/mol. The van der Waals surface area contributed by atoms with Gasteiger partial charge in [0.25, 0.3) is 0 Å². The standard InChI is InChI=1S/C20H22ClN3O3/c1-13(2)27-18-7-5-4-6-15(18)12-22-24-20(26)11-19(25)23-16-9-8-14(3)17(21)10-16/h4-10,12-13H,11H2,1-3H3,(H,23,25)(H,24,26). The van der Waals surface area contributed by atoms with Crippen LogP contribution in [0.3, 0.4) is 0 Å². The van der Waals surface area contributed by atoms with E-state index in [9.17, 15) is 9.59 Å². The topological polar surface area (TPSA) is 79.8 Å². The van der Waals surface area contributed by atoms with Gasteiger partial charge in [0.05, 0.1) is 12.3 Å². The zero-order chi connectivity index (χ0) is 19.8. The number of hydrazone groups is 1. The van der Waals surface area contributed by atoms with Gasteiger partial charge in [0.1, 0.15) is 12.2 Å². The second-order valence-corrected chi connectivity index (χ2v) is 6.59. The lowest BCUT2D eigenvalue weighted by Gasteiger charge is -2.11. The summed E-state index contributed by atoms with van der Waals surface area (Å²) in [6.07, 6.45) is 1.15. The van der Waals surface area contributed by atoms with E-state index in [-0.39, 0.29) is 12.5 Å². The summed E-state index contributed by atoms with van der Waals surface area (Å²) in [6, 6.07) is 12.5. The largest absolute Gasteiger partial charge is 0.490 e. The highest BCUT2D eigenvalue weighted by molar-refractivity contribution is 6.31. The van der Waals surface area contributed by atoms with Crippen molar-refractivity contribution in [3.05, 3.63) is 58.6 Å². The first-order valence-corrected chi connectivity index (χ1v) is 8.86. The molecular formula is C20H22ClN3O3. The third-order valence-corrected chi connectivity index (χ3v) is 3.86. The molecule has 0 aliphatic rings. The molecular weight excluding hydrogens is 366 g/mol. The highest BCUT2D eigenvalue weighted by Crippen LogP contribution is 2.20. The Kier molecular flexibility index (Phi) is 7.37. The normalized spacial score (nSPS) is 10.9. The highest BCUT2D eigenvalue weighted by atomic mass is 35.5. The number of benzene rings is 2. The van der Waals surface area contributed by atoms with Crippen molar-refractivity contribution in [1.82, 2.24) is 5.43 Å². The number of ether oxygens (including phenoxy) is 1. The summed E-state index contributed by atoms with van der Waals surface area (Å²) in [5, 5.41) is 7.06. The number of carbonyl (C=O) groups is 2. The van der Waals surface area contributed by atoms with Gasteiger partial charge in [-0.1, -0.05) is 29.8 Å². The van der Waals surface area contributed by atoms with E-state index < -0.39 is 11.8 Å². The number of rotatable bonds is 7. The van der Waals surface area contributed by atoms with E-state index in [2.05, 4.69) is 15.8 Å². The van der Waals surface area contributed by atoms with Crippen molar-refractivity contribution < 1.29 is 14.3 Å². The molecule has 0 spiro atoms. The van der Waals surface area contributed by atoms with Crippen molar-refractivity contribution in [2.75, 3.05) is 5.32 Å². The number of hydrogen-bond acceptors (Lipinski definition) is 4. The molecule has 0 bridgehead atoms. The molecule has 0 saturated heterocycles. The third kappa shape index (κ3) is 6.75. The minimum absolute atomic E-state index is 0.0214. The van der Waals surface area contributed by atoms with Crippen LogP contribution in [0.1, 0.15) is 31.4 Å². The van der Waals surface area contributed by atoms with E-state index in [1.807, 2.05) is 45.0 Å². The van der Waals surface area contributed by atoms with Crippen LogP contribution in [-0.2, 0) is 9.59 Å². The van der Waals surface area contributed by atoms with E-state index in [1.165, 1.54) is 6.21 Å². The van der Waals surface area contributed by atoms with Gasteiger partial charge >= 0.3 is 0 Å². The first-order valence-electron chi connectivity index (χ1n) is 8.48. The van der Waals surface area contributed by atoms with E-state index >= 15 is 0 Å². The first-order chi connectivity index (χ1) is 12.8. The fourth-order valence-corrected chi connectivity index (χ4v) is 2.36. The fraction of sp³-hybridized carbons (Fsp3) is 0.250. The maximum absolute atomic E-state index is 11.9. The van der Waals surface area contributed by atoms with Gasteiger partial charge in [0, 0.05) is 16.3 Å². The van der Waals surface area contributed by atoms with E-state index in [0.717, 1.165) is 11.1 Å². The van der Waals surface area contributed by atoms with E-state index in [4.69, 9.17) is 16.3 Å². The van der Waals surface area contributed by atoms with Crippen LogP contribution in [-0.4, -0.2) is 24.1 Å². The molecule has 0 aliphatic carbocycles. The molecule has 7 heteroatoms. The molecule has 0 heterocycles. The Morgan fingerprint density at radius 1 is 1.19 bits per heavy atom. The van der Waals surface area contributed by atoms with Crippen LogP contribution in [0.5, 0.6) is 5.75 Å². The summed E-state index contributed by atoms with van der Waals surface area (Å²) in [7, 11) is 0. The SMILES string of the molecule is Cc1ccc(NC(=O)CC(=O)NN=Cc2ccccc2OC(C)C)cc1Cl. The molecule has 142 valence electrons. The smallest absolute Gasteiger partial charge is 0.249 e. The van der Waals surface area contributed by atoms with Gasteiger partial charge in [0.15, 0.2) is 0 Å². The van der Waals surface area contributed by atoms with Gasteiger partial charge in [-0.15, -0.1) is 0 Å². The van der Waals surface area contributed by atoms with Crippen molar-refractivity contribution >= 4 is 35.3 Å². The molecule has 0 radical (unpaired) electrons. The predicted molar refractivity (Wildman–Crippen MR) is 107 cm³/mol. The van der Waals surface area contributed by atoms with Crippen molar-refractivity contribution in [3.63, 3.8) is 0 Å². The van der Waals surface area contributed by atoms with E-state index in [0.29, 0.717) is 16.5 Å². The lowest BCUT2D eigenvalue weighted by Crippen LogP contribution is -2.24. The Morgan fingerprint density at radius 3 is 2.63 bits per heavy atom. The zero-order valence-electron chi connectivity index (χ0n) is 15.5. The summed E-state index contributed by atoms with van der Waals surface area (Å²) in [6.45, 7) is 5.72. The molecule has 27 heavy (non-hydrogen) atoms. The van der Waals surface area contributed by atoms with Gasteiger partial charge in [-0.2, -0.15) is 5.10 Å². The van der Waals surface area contributed by atoms with Crippen LogP contribution >= 0.6 is 11.6 Å². The summed E-state index contributed by atoms with van der Waals surface area (Å²) >= 11 is 6.01. The Hall–Kier alpha value is -2.86. The number of carbonyl (C=O) groups excluding carboxylic acids is 2. The number of nitrogens with zero attached hydrogens (tertiary/aromatic N) is 1. The minimum Gasteiger partial charge on any atom is -0.490 e. The zero-order valence-corrected chi connectivity index (χ0v) is 16.2. The molecule has 2 aromatic rings. The highest BCUT2D eigenvalue weighted by Gasteiger charge is 2.10. The molecule has 0 atom stereocenters. The molecule has 0 fully saturated rings. The summed E-state index contributed by atoms with van der Waals surface area (Å²) < 4.78 is 5.67. The number of hydrogen-bond donors (Lipinski definition) is 2. The van der Waals surface area contributed by atoms with Gasteiger partial charge < -0.3 is 10.1 Å². The quantitative estimate of drug-likeness (QED) is 0.429. The Morgan fingerprint density at radius 2 is 1.93 bits per heavy atom. The number of para-hydroxylation sites is 1. The maximum Gasteiger partial charge on any atom is 0.249 e. The van der Waals surface area contributed by atoms with Crippen LogP contribution in [0.15, 0.2) is 47.6 Å². The second kappa shape index (κ2) is 9.73. The lowest BCUT2D eigenvalue weighted by molar-refractivity contribution is -0.126. The van der Waals surface area contributed by atoms with Crippen molar-refractivity contribution in [2.45, 2.75) is 33.3 Å². The summed E-state index contributed by atoms with van der Waals surface area (Å²) in [4.78, 5) is 23.8. The molecule has 2 aromatic carbocycles. The minimum atomic E-state index is -0.524. The second-order valence-electron chi connectivity index (χ2n) is 6.19. The maximum atomic E-state index is 11.9. The number of halogens is 1. The van der Waals surface area contributed by atoms with Crippen molar-refractivity contribution in [3.8, 4) is 5.75 Å². The Labute approximate surface area is 163 Å². The summed E-state index contributed by atoms with van der Waals surface area (Å²) in [5.41, 5.74) is 4.50. The lowest BCUT2D eigenvalue weighted by atomic mass is 10.2. The van der Waals surface area contributed by atoms with Gasteiger partial charge in [0.2, 0.25) is 11.8 Å². The van der Waals surface area contributed by atoms with Crippen molar-refractivity contribution in [2.24, 2.45) is 5.10 Å². The molecule has 0 aliphatic heterocycles. The van der Waals surface area contributed by atoms with Crippen LogP contribution < -0.4 is 15.5 Å². The first kappa shape index (κ1) is 20.5. The molecule has 6 nitrogen and oxygen atoms in total. The molecule has 2 N–H and O–H groups in total. The fourth-order valence-electron chi connectivity index (χ4n) is 2.18. The number of nitrogens with one attached hydrogen (secondary N) is 2. The molecule has 2 amide bonds. The number of anilines is 1. The average Bonchev–Trinajstić information content (AvgIpc) is 2.59. The van der Waals surface area contributed by atoms with Crippen LogP contribution in [0.4, 0.5) is 5.69 Å². The van der Waals surface area contributed by atoms with Crippen LogP contribution in [0.25, 0.3) is 0 Å². The molecule has 0 unspecified atom stereocenters. The van der Waals surface area contributed by atoms with E-state index in [1.54, 1.807) is 18.2 Å². The van der Waals surface area contributed by atoms with Gasteiger partial charge in [-0.3, -0.25) is 9.59 Å². The van der Waals surface area contributed by atoms with Gasteiger partial charge in [-0.25, -0.2) is 5.43 Å². The summed E-state index contributed by atoms with van der Waals surface area (Å²) in [5.74, 6) is -0.310. The molecule has 2 rings (SSSR count). The Balaban J connectivity index is 1.87. The molecule has 0 saturated carbocycles. The van der Waals surface area contributed by atoms with Crippen LogP contribution in [0.2, 0.25) is 5.02 Å². The molecule has 0 aromatic heterocycles. The Bertz CT molecular complexity index is 850. The van der Waals surface area contributed by atoms with Crippen molar-refractivity contribution in [1.29, 1.82) is 0 Å². The number of aryl methyl sites for hydroxylation is 1. The predicted octanol–water partition coefficient (Wildman–Crippen LogP) is 3.91. The third-order valence-electron chi connectivity index (χ3n) is 3.45. The average molecular weight is 388 g/mol. The van der Waals surface area contributed by atoms with Crippen LogP contribution in [0, 0.1) is 6.92 Å².